The van der Waals surface area contributed by atoms with Gasteiger partial charge in [-0.25, -0.2) is 4.79 Å². The van der Waals surface area contributed by atoms with Crippen molar-refractivity contribution in [3.05, 3.63) is 48.6 Å². The minimum atomic E-state index is -0.494. The Morgan fingerprint density at radius 3 is 2.35 bits per heavy atom. The van der Waals surface area contributed by atoms with Crippen LogP contribution in [0.3, 0.4) is 0 Å². The molecule has 1 atom stereocenters. The van der Waals surface area contributed by atoms with E-state index in [-0.39, 0.29) is 0 Å². The van der Waals surface area contributed by atoms with Crippen molar-refractivity contribution in [2.75, 3.05) is 0 Å². The van der Waals surface area contributed by atoms with E-state index >= 15 is 0 Å². The average Bonchev–Trinajstić information content (AvgIpc) is 2.26. The molecule has 0 fully saturated rings. The highest BCUT2D eigenvalue weighted by Gasteiger charge is 2.28. The van der Waals surface area contributed by atoms with E-state index in [1.165, 1.54) is 5.56 Å². The van der Waals surface area contributed by atoms with Crippen molar-refractivity contribution < 1.29 is 9.53 Å². The summed E-state index contributed by atoms with van der Waals surface area (Å²) in [5, 5.41) is 2.97. The maximum Gasteiger partial charge on any atom is 0.408 e. The van der Waals surface area contributed by atoms with Crippen LogP contribution in [0.15, 0.2) is 43.0 Å². The molecule has 0 aliphatic heterocycles. The molecule has 1 rings (SSSR count). The number of rotatable bonds is 5. The Kier molecular flexibility index (Phi) is 5.37. The SMILES string of the molecule is C=CC[C@@](C)(Cc1ccccc1)NC(=O)OC(C)(C)C. The molecule has 0 spiro atoms. The van der Waals surface area contributed by atoms with Crippen molar-refractivity contribution in [3.8, 4) is 0 Å². The van der Waals surface area contributed by atoms with Crippen LogP contribution in [0.1, 0.15) is 39.7 Å². The number of carbonyl (C=O) groups excluding carboxylic acids is 1. The minimum Gasteiger partial charge on any atom is -0.444 e. The molecule has 3 heteroatoms. The molecule has 0 saturated heterocycles. The van der Waals surface area contributed by atoms with Crippen molar-refractivity contribution in [1.82, 2.24) is 5.32 Å². The van der Waals surface area contributed by atoms with Gasteiger partial charge in [0.05, 0.1) is 0 Å². The largest absolute Gasteiger partial charge is 0.444 e. The molecule has 1 amide bonds. The summed E-state index contributed by atoms with van der Waals surface area (Å²) >= 11 is 0. The predicted octanol–water partition coefficient (Wildman–Crippen LogP) is 4.09. The van der Waals surface area contributed by atoms with Gasteiger partial charge in [-0.05, 0) is 46.1 Å². The first-order chi connectivity index (χ1) is 9.24. The molecule has 0 aliphatic carbocycles. The zero-order chi connectivity index (χ0) is 15.2. The van der Waals surface area contributed by atoms with Crippen LogP contribution in [-0.4, -0.2) is 17.2 Å². The predicted molar refractivity (Wildman–Crippen MR) is 82.7 cm³/mol. The number of carbonyl (C=O) groups is 1. The molecule has 0 saturated carbocycles. The van der Waals surface area contributed by atoms with Crippen molar-refractivity contribution in [1.29, 1.82) is 0 Å². The molecule has 3 nitrogen and oxygen atoms in total. The molecule has 0 unspecified atom stereocenters. The van der Waals surface area contributed by atoms with Gasteiger partial charge in [-0.2, -0.15) is 0 Å². The Morgan fingerprint density at radius 1 is 1.25 bits per heavy atom. The molecule has 0 radical (unpaired) electrons. The smallest absolute Gasteiger partial charge is 0.408 e. The van der Waals surface area contributed by atoms with Gasteiger partial charge in [0.2, 0.25) is 0 Å². The highest BCUT2D eigenvalue weighted by Crippen LogP contribution is 2.19. The van der Waals surface area contributed by atoms with Crippen molar-refractivity contribution in [3.63, 3.8) is 0 Å². The van der Waals surface area contributed by atoms with Crippen LogP contribution < -0.4 is 5.32 Å². The first-order valence-corrected chi connectivity index (χ1v) is 6.90. The van der Waals surface area contributed by atoms with Gasteiger partial charge in [0.25, 0.3) is 0 Å². The third kappa shape index (κ3) is 5.91. The maximum absolute atomic E-state index is 12.0. The third-order valence-corrected chi connectivity index (χ3v) is 2.83. The molecular weight excluding hydrogens is 250 g/mol. The highest BCUT2D eigenvalue weighted by atomic mass is 16.6. The first-order valence-electron chi connectivity index (χ1n) is 6.90. The number of benzene rings is 1. The topological polar surface area (TPSA) is 38.3 Å². The summed E-state index contributed by atoms with van der Waals surface area (Å²) in [5.41, 5.74) is 0.282. The van der Waals surface area contributed by atoms with E-state index in [4.69, 9.17) is 4.74 Å². The standard InChI is InChI=1S/C17H25NO2/c1-6-12-17(5,13-14-10-8-7-9-11-14)18-15(19)20-16(2,3)4/h6-11H,1,12-13H2,2-5H3,(H,18,19)/t17-/m0/s1. The fourth-order valence-corrected chi connectivity index (χ4v) is 2.08. The Bertz CT molecular complexity index is 448. The van der Waals surface area contributed by atoms with Crippen LogP contribution in [0.5, 0.6) is 0 Å². The molecule has 20 heavy (non-hydrogen) atoms. The Labute approximate surface area is 122 Å². The summed E-state index contributed by atoms with van der Waals surface area (Å²) in [7, 11) is 0. The van der Waals surface area contributed by atoms with Gasteiger partial charge in [-0.15, -0.1) is 6.58 Å². The van der Waals surface area contributed by atoms with Crippen LogP contribution >= 0.6 is 0 Å². The van der Waals surface area contributed by atoms with E-state index in [9.17, 15) is 4.79 Å². The van der Waals surface area contributed by atoms with E-state index in [0.29, 0.717) is 6.42 Å². The van der Waals surface area contributed by atoms with Crippen LogP contribution in [-0.2, 0) is 11.2 Å². The zero-order valence-corrected chi connectivity index (χ0v) is 12.9. The second-order valence-electron chi connectivity index (χ2n) is 6.34. The molecular formula is C17H25NO2. The molecule has 1 aromatic carbocycles. The zero-order valence-electron chi connectivity index (χ0n) is 12.9. The molecule has 1 N–H and O–H groups in total. The maximum atomic E-state index is 12.0. The second kappa shape index (κ2) is 6.60. The molecule has 0 heterocycles. The van der Waals surface area contributed by atoms with Gasteiger partial charge in [0, 0.05) is 5.54 Å². The Balaban J connectivity index is 2.76. The third-order valence-electron chi connectivity index (χ3n) is 2.83. The lowest BCUT2D eigenvalue weighted by Crippen LogP contribution is -2.49. The van der Waals surface area contributed by atoms with E-state index in [2.05, 4.69) is 24.0 Å². The molecule has 1 aromatic rings. The van der Waals surface area contributed by atoms with E-state index < -0.39 is 17.2 Å². The lowest BCUT2D eigenvalue weighted by atomic mass is 9.89. The summed E-state index contributed by atoms with van der Waals surface area (Å²) < 4.78 is 5.33. The minimum absolute atomic E-state index is 0.391. The number of hydrogen-bond donors (Lipinski definition) is 1. The van der Waals surface area contributed by atoms with Gasteiger partial charge in [-0.3, -0.25) is 0 Å². The lowest BCUT2D eigenvalue weighted by Gasteiger charge is -2.31. The average molecular weight is 275 g/mol. The first kappa shape index (κ1) is 16.3. The normalized spacial score (nSPS) is 14.2. The fraction of sp³-hybridized carbons (Fsp3) is 0.471. The lowest BCUT2D eigenvalue weighted by molar-refractivity contribution is 0.0464. The summed E-state index contributed by atoms with van der Waals surface area (Å²) in [6, 6.07) is 10.1. The van der Waals surface area contributed by atoms with Crippen LogP contribution in [0.4, 0.5) is 4.79 Å². The van der Waals surface area contributed by atoms with Gasteiger partial charge in [-0.1, -0.05) is 36.4 Å². The van der Waals surface area contributed by atoms with Gasteiger partial charge >= 0.3 is 6.09 Å². The number of nitrogens with one attached hydrogen (secondary N) is 1. The molecule has 0 bridgehead atoms. The van der Waals surface area contributed by atoms with Crippen LogP contribution in [0, 0.1) is 0 Å². The Hall–Kier alpha value is -1.77. The summed E-state index contributed by atoms with van der Waals surface area (Å²) in [6.45, 7) is 11.3. The summed E-state index contributed by atoms with van der Waals surface area (Å²) in [6.07, 6.45) is 2.85. The van der Waals surface area contributed by atoms with E-state index in [1.807, 2.05) is 52.0 Å². The van der Waals surface area contributed by atoms with Gasteiger partial charge in [0.15, 0.2) is 0 Å². The van der Waals surface area contributed by atoms with Crippen molar-refractivity contribution in [2.45, 2.75) is 51.7 Å². The molecule has 0 aromatic heterocycles. The number of hydrogen-bond acceptors (Lipinski definition) is 2. The molecule has 110 valence electrons. The van der Waals surface area contributed by atoms with Crippen molar-refractivity contribution >= 4 is 6.09 Å². The van der Waals surface area contributed by atoms with Crippen molar-refractivity contribution in [2.24, 2.45) is 0 Å². The monoisotopic (exact) mass is 275 g/mol. The Morgan fingerprint density at radius 2 is 1.85 bits per heavy atom. The van der Waals surface area contributed by atoms with E-state index in [1.54, 1.807) is 0 Å². The van der Waals surface area contributed by atoms with Gasteiger partial charge in [0.1, 0.15) is 5.60 Å². The highest BCUT2D eigenvalue weighted by molar-refractivity contribution is 5.68. The van der Waals surface area contributed by atoms with Crippen LogP contribution in [0.2, 0.25) is 0 Å². The quantitative estimate of drug-likeness (QED) is 0.822. The number of ether oxygens (including phenoxy) is 1. The number of amides is 1. The summed E-state index contributed by atoms with van der Waals surface area (Å²) in [5.74, 6) is 0. The summed E-state index contributed by atoms with van der Waals surface area (Å²) in [4.78, 5) is 12.0. The van der Waals surface area contributed by atoms with Gasteiger partial charge < -0.3 is 10.1 Å². The number of alkyl carbamates (subject to hydrolysis) is 1. The molecule has 0 aliphatic rings. The fourth-order valence-electron chi connectivity index (χ4n) is 2.08. The van der Waals surface area contributed by atoms with Crippen LogP contribution in [0.25, 0.3) is 0 Å². The van der Waals surface area contributed by atoms with E-state index in [0.717, 1.165) is 6.42 Å². The second-order valence-corrected chi connectivity index (χ2v) is 6.34.